The van der Waals surface area contributed by atoms with Gasteiger partial charge in [-0.25, -0.2) is 0 Å². The van der Waals surface area contributed by atoms with Crippen molar-refractivity contribution in [3.05, 3.63) is 30.1 Å². The van der Waals surface area contributed by atoms with E-state index in [9.17, 15) is 0 Å². The van der Waals surface area contributed by atoms with Gasteiger partial charge in [0.2, 0.25) is 0 Å². The minimum atomic E-state index is 0.495. The number of rotatable bonds is 6. The molecule has 0 aromatic carbocycles. The molecule has 1 fully saturated rings. The van der Waals surface area contributed by atoms with E-state index < -0.39 is 0 Å². The molecule has 3 nitrogen and oxygen atoms in total. The van der Waals surface area contributed by atoms with Gasteiger partial charge < -0.3 is 10.1 Å². The summed E-state index contributed by atoms with van der Waals surface area (Å²) in [5.74, 6) is 0. The van der Waals surface area contributed by atoms with Crippen LogP contribution in [0.4, 0.5) is 0 Å². The van der Waals surface area contributed by atoms with Crippen LogP contribution >= 0.6 is 0 Å². The molecule has 94 valence electrons. The van der Waals surface area contributed by atoms with Gasteiger partial charge in [-0.15, -0.1) is 0 Å². The molecular weight excluding hydrogens is 212 g/mol. The second kappa shape index (κ2) is 7.41. The van der Waals surface area contributed by atoms with E-state index in [4.69, 9.17) is 4.74 Å². The molecule has 1 unspecified atom stereocenters. The van der Waals surface area contributed by atoms with Crippen LogP contribution in [0.25, 0.3) is 0 Å². The van der Waals surface area contributed by atoms with Gasteiger partial charge in [0.1, 0.15) is 0 Å². The number of hydrogen-bond donors (Lipinski definition) is 1. The van der Waals surface area contributed by atoms with E-state index >= 15 is 0 Å². The lowest BCUT2D eigenvalue weighted by atomic mass is 10.1. The molecule has 1 aromatic heterocycles. The third-order valence-corrected chi connectivity index (χ3v) is 3.23. The average Bonchev–Trinajstić information content (AvgIpc) is 2.41. The molecule has 2 heterocycles. The van der Waals surface area contributed by atoms with Gasteiger partial charge in [-0.1, -0.05) is 6.07 Å². The summed E-state index contributed by atoms with van der Waals surface area (Å²) in [5, 5.41) is 3.47. The van der Waals surface area contributed by atoms with Crippen molar-refractivity contribution in [3.63, 3.8) is 0 Å². The van der Waals surface area contributed by atoms with Crippen molar-refractivity contribution < 1.29 is 4.74 Å². The van der Waals surface area contributed by atoms with Crippen LogP contribution in [0.5, 0.6) is 0 Å². The minimum absolute atomic E-state index is 0.495. The van der Waals surface area contributed by atoms with Crippen molar-refractivity contribution in [2.45, 2.75) is 38.2 Å². The van der Waals surface area contributed by atoms with Crippen LogP contribution < -0.4 is 5.32 Å². The summed E-state index contributed by atoms with van der Waals surface area (Å²) in [7, 11) is 0. The molecule has 1 N–H and O–H groups in total. The molecule has 1 aliphatic heterocycles. The maximum atomic E-state index is 5.69. The van der Waals surface area contributed by atoms with E-state index in [1.165, 1.54) is 24.8 Å². The Hall–Kier alpha value is -0.930. The van der Waals surface area contributed by atoms with E-state index in [1.807, 2.05) is 18.5 Å². The second-order valence-corrected chi connectivity index (χ2v) is 4.64. The van der Waals surface area contributed by atoms with E-state index in [2.05, 4.69) is 16.4 Å². The van der Waals surface area contributed by atoms with E-state index in [0.29, 0.717) is 6.10 Å². The fourth-order valence-corrected chi connectivity index (χ4v) is 2.20. The van der Waals surface area contributed by atoms with Crippen LogP contribution in [0.2, 0.25) is 0 Å². The van der Waals surface area contributed by atoms with Gasteiger partial charge >= 0.3 is 0 Å². The highest BCUT2D eigenvalue weighted by Gasteiger charge is 2.12. The first-order chi connectivity index (χ1) is 8.45. The highest BCUT2D eigenvalue weighted by atomic mass is 16.5. The smallest absolute Gasteiger partial charge is 0.0587 e. The Balaban J connectivity index is 1.51. The summed E-state index contributed by atoms with van der Waals surface area (Å²) >= 11 is 0. The molecular formula is C14H22N2O. The molecule has 2 rings (SSSR count). The molecule has 17 heavy (non-hydrogen) atoms. The van der Waals surface area contributed by atoms with Gasteiger partial charge in [-0.05, 0) is 56.8 Å². The summed E-state index contributed by atoms with van der Waals surface area (Å²) in [4.78, 5) is 4.11. The van der Waals surface area contributed by atoms with Crippen LogP contribution in [-0.4, -0.2) is 30.8 Å². The summed E-state index contributed by atoms with van der Waals surface area (Å²) in [6.07, 6.45) is 10.3. The van der Waals surface area contributed by atoms with E-state index in [-0.39, 0.29) is 0 Å². The van der Waals surface area contributed by atoms with Crippen molar-refractivity contribution in [3.8, 4) is 0 Å². The zero-order chi connectivity index (χ0) is 11.8. The number of hydrogen-bond acceptors (Lipinski definition) is 3. The minimum Gasteiger partial charge on any atom is -0.378 e. The van der Waals surface area contributed by atoms with Gasteiger partial charge in [-0.2, -0.15) is 0 Å². The average molecular weight is 234 g/mol. The maximum absolute atomic E-state index is 5.69. The molecule has 3 heteroatoms. The highest BCUT2D eigenvalue weighted by Crippen LogP contribution is 2.14. The van der Waals surface area contributed by atoms with Crippen LogP contribution in [0.1, 0.15) is 31.2 Å². The lowest BCUT2D eigenvalue weighted by Crippen LogP contribution is -2.26. The number of pyridine rings is 1. The SMILES string of the molecule is c1cncc(CCNCCC2CCCCO2)c1. The summed E-state index contributed by atoms with van der Waals surface area (Å²) in [5.41, 5.74) is 1.30. The molecule has 0 saturated carbocycles. The van der Waals surface area contributed by atoms with E-state index in [0.717, 1.165) is 32.5 Å². The van der Waals surface area contributed by atoms with Crippen molar-refractivity contribution in [1.82, 2.24) is 10.3 Å². The van der Waals surface area contributed by atoms with Crippen LogP contribution in [-0.2, 0) is 11.2 Å². The molecule has 1 saturated heterocycles. The van der Waals surface area contributed by atoms with Crippen molar-refractivity contribution in [1.29, 1.82) is 0 Å². The topological polar surface area (TPSA) is 34.2 Å². The predicted octanol–water partition coefficient (Wildman–Crippen LogP) is 2.17. The van der Waals surface area contributed by atoms with Crippen LogP contribution in [0, 0.1) is 0 Å². The lowest BCUT2D eigenvalue weighted by Gasteiger charge is -2.22. The Morgan fingerprint density at radius 1 is 1.35 bits per heavy atom. The molecule has 1 aliphatic rings. The van der Waals surface area contributed by atoms with Crippen molar-refractivity contribution in [2.24, 2.45) is 0 Å². The second-order valence-electron chi connectivity index (χ2n) is 4.64. The first kappa shape index (κ1) is 12.5. The summed E-state index contributed by atoms with van der Waals surface area (Å²) < 4.78 is 5.69. The van der Waals surface area contributed by atoms with Crippen LogP contribution in [0.3, 0.4) is 0 Å². The lowest BCUT2D eigenvalue weighted by molar-refractivity contribution is 0.0116. The molecule has 1 aromatic rings. The fraction of sp³-hybridized carbons (Fsp3) is 0.643. The summed E-state index contributed by atoms with van der Waals surface area (Å²) in [6.45, 7) is 3.05. The highest BCUT2D eigenvalue weighted by molar-refractivity contribution is 5.08. The van der Waals surface area contributed by atoms with Gasteiger partial charge in [0.15, 0.2) is 0 Å². The molecule has 1 atom stereocenters. The Morgan fingerprint density at radius 2 is 2.35 bits per heavy atom. The van der Waals surface area contributed by atoms with E-state index in [1.54, 1.807) is 0 Å². The molecule has 0 bridgehead atoms. The summed E-state index contributed by atoms with van der Waals surface area (Å²) in [6, 6.07) is 4.12. The third kappa shape index (κ3) is 4.84. The monoisotopic (exact) mass is 234 g/mol. The Kier molecular flexibility index (Phi) is 5.46. The molecule has 0 aliphatic carbocycles. The van der Waals surface area contributed by atoms with Gasteiger partial charge in [0.25, 0.3) is 0 Å². The Morgan fingerprint density at radius 3 is 3.12 bits per heavy atom. The Bertz CT molecular complexity index is 296. The number of aromatic nitrogens is 1. The molecule has 0 spiro atoms. The largest absolute Gasteiger partial charge is 0.378 e. The third-order valence-electron chi connectivity index (χ3n) is 3.23. The van der Waals surface area contributed by atoms with Crippen molar-refractivity contribution >= 4 is 0 Å². The molecule has 0 amide bonds. The Labute approximate surface area is 104 Å². The normalized spacial score (nSPS) is 20.4. The first-order valence-corrected chi connectivity index (χ1v) is 6.66. The fourth-order valence-electron chi connectivity index (χ4n) is 2.20. The standard InChI is InChI=1S/C14H22N2O/c1-2-11-17-14(5-1)7-10-15-9-6-13-4-3-8-16-12-13/h3-4,8,12,14-15H,1-2,5-7,9-11H2. The zero-order valence-electron chi connectivity index (χ0n) is 10.4. The molecule has 0 radical (unpaired) electrons. The zero-order valence-corrected chi connectivity index (χ0v) is 10.4. The van der Waals surface area contributed by atoms with Gasteiger partial charge in [0.05, 0.1) is 6.10 Å². The quantitative estimate of drug-likeness (QED) is 0.766. The number of nitrogens with one attached hydrogen (secondary N) is 1. The van der Waals surface area contributed by atoms with Gasteiger partial charge in [-0.3, -0.25) is 4.98 Å². The number of nitrogens with zero attached hydrogens (tertiary/aromatic N) is 1. The van der Waals surface area contributed by atoms with Crippen molar-refractivity contribution in [2.75, 3.05) is 19.7 Å². The maximum Gasteiger partial charge on any atom is 0.0587 e. The van der Waals surface area contributed by atoms with Gasteiger partial charge in [0, 0.05) is 19.0 Å². The number of ether oxygens (including phenoxy) is 1. The predicted molar refractivity (Wildman–Crippen MR) is 69.0 cm³/mol. The van der Waals surface area contributed by atoms with Crippen LogP contribution in [0.15, 0.2) is 24.5 Å². The first-order valence-electron chi connectivity index (χ1n) is 6.66.